The van der Waals surface area contributed by atoms with Crippen LogP contribution in [0.3, 0.4) is 0 Å². The molecular formula is C14H18N2O3. The number of carbonyl (C=O) groups is 2. The monoisotopic (exact) mass is 262 g/mol. The summed E-state index contributed by atoms with van der Waals surface area (Å²) in [5.74, 6) is -0.208. The number of amides is 3. The van der Waals surface area contributed by atoms with Crippen LogP contribution in [0.15, 0.2) is 30.3 Å². The zero-order valence-corrected chi connectivity index (χ0v) is 11.2. The SMILES string of the molecule is CN1C(=O)N[C@](C)(CCOCc2ccccc2)C1=O. The lowest BCUT2D eigenvalue weighted by molar-refractivity contribution is -0.130. The van der Waals surface area contributed by atoms with Gasteiger partial charge in [0.25, 0.3) is 5.91 Å². The average molecular weight is 262 g/mol. The van der Waals surface area contributed by atoms with Crippen LogP contribution in [-0.2, 0) is 16.1 Å². The summed E-state index contributed by atoms with van der Waals surface area (Å²) < 4.78 is 5.54. The molecule has 5 nitrogen and oxygen atoms in total. The molecule has 0 spiro atoms. The summed E-state index contributed by atoms with van der Waals surface area (Å²) in [6.45, 7) is 2.66. The molecule has 1 saturated heterocycles. The van der Waals surface area contributed by atoms with E-state index >= 15 is 0 Å². The van der Waals surface area contributed by atoms with Gasteiger partial charge in [0.15, 0.2) is 0 Å². The molecule has 1 aromatic rings. The first-order chi connectivity index (χ1) is 9.03. The van der Waals surface area contributed by atoms with Gasteiger partial charge in [-0.3, -0.25) is 9.69 Å². The normalized spacial score (nSPS) is 22.7. The highest BCUT2D eigenvalue weighted by molar-refractivity contribution is 6.06. The highest BCUT2D eigenvalue weighted by Crippen LogP contribution is 2.20. The molecule has 0 saturated carbocycles. The van der Waals surface area contributed by atoms with Gasteiger partial charge in [-0.1, -0.05) is 30.3 Å². The minimum Gasteiger partial charge on any atom is -0.377 e. The molecule has 0 aromatic heterocycles. The molecule has 102 valence electrons. The van der Waals surface area contributed by atoms with E-state index in [1.54, 1.807) is 6.92 Å². The van der Waals surface area contributed by atoms with Crippen molar-refractivity contribution in [2.45, 2.75) is 25.5 Å². The molecule has 3 amide bonds. The Morgan fingerprint density at radius 1 is 1.26 bits per heavy atom. The maximum Gasteiger partial charge on any atom is 0.324 e. The zero-order chi connectivity index (χ0) is 13.9. The van der Waals surface area contributed by atoms with Gasteiger partial charge in [0.2, 0.25) is 0 Å². The molecule has 0 aliphatic carbocycles. The van der Waals surface area contributed by atoms with Crippen molar-refractivity contribution in [3.05, 3.63) is 35.9 Å². The number of hydrogen-bond donors (Lipinski definition) is 1. The Labute approximate surface area is 112 Å². The van der Waals surface area contributed by atoms with Crippen molar-refractivity contribution in [2.24, 2.45) is 0 Å². The Kier molecular flexibility index (Phi) is 3.85. The summed E-state index contributed by atoms with van der Waals surface area (Å²) in [5, 5.41) is 2.69. The fourth-order valence-corrected chi connectivity index (χ4v) is 2.05. The third-order valence-corrected chi connectivity index (χ3v) is 3.32. The smallest absolute Gasteiger partial charge is 0.324 e. The molecule has 0 radical (unpaired) electrons. The second kappa shape index (κ2) is 5.40. The lowest BCUT2D eigenvalue weighted by atomic mass is 9.99. The van der Waals surface area contributed by atoms with E-state index in [0.717, 1.165) is 10.5 Å². The third kappa shape index (κ3) is 2.93. The van der Waals surface area contributed by atoms with Crippen molar-refractivity contribution < 1.29 is 14.3 Å². The number of carbonyl (C=O) groups excluding carboxylic acids is 2. The number of nitrogens with one attached hydrogen (secondary N) is 1. The molecule has 1 atom stereocenters. The van der Waals surface area contributed by atoms with Crippen molar-refractivity contribution in [1.82, 2.24) is 10.2 Å². The van der Waals surface area contributed by atoms with Crippen LogP contribution in [0, 0.1) is 0 Å². The lowest BCUT2D eigenvalue weighted by Crippen LogP contribution is -2.44. The van der Waals surface area contributed by atoms with E-state index in [1.807, 2.05) is 30.3 Å². The number of hydrogen-bond acceptors (Lipinski definition) is 3. The maximum atomic E-state index is 11.9. The van der Waals surface area contributed by atoms with Gasteiger partial charge >= 0.3 is 6.03 Å². The quantitative estimate of drug-likeness (QED) is 0.646. The van der Waals surface area contributed by atoms with Crippen LogP contribution in [0.4, 0.5) is 4.79 Å². The van der Waals surface area contributed by atoms with Crippen molar-refractivity contribution >= 4 is 11.9 Å². The van der Waals surface area contributed by atoms with E-state index in [-0.39, 0.29) is 11.9 Å². The predicted molar refractivity (Wildman–Crippen MR) is 70.4 cm³/mol. The molecule has 1 fully saturated rings. The highest BCUT2D eigenvalue weighted by Gasteiger charge is 2.45. The van der Waals surface area contributed by atoms with Crippen LogP contribution in [0.25, 0.3) is 0 Å². The number of likely N-dealkylation sites (N-methyl/N-ethyl adjacent to an activating group) is 1. The van der Waals surface area contributed by atoms with E-state index in [0.29, 0.717) is 19.6 Å². The van der Waals surface area contributed by atoms with Crippen molar-refractivity contribution in [1.29, 1.82) is 0 Å². The number of rotatable bonds is 5. The largest absolute Gasteiger partial charge is 0.377 e. The lowest BCUT2D eigenvalue weighted by Gasteiger charge is -2.20. The number of ether oxygens (including phenoxy) is 1. The fourth-order valence-electron chi connectivity index (χ4n) is 2.05. The molecule has 2 rings (SSSR count). The molecule has 0 bridgehead atoms. The molecule has 1 heterocycles. The molecule has 1 aliphatic heterocycles. The number of benzene rings is 1. The van der Waals surface area contributed by atoms with E-state index in [2.05, 4.69) is 5.32 Å². The van der Waals surface area contributed by atoms with Gasteiger partial charge in [-0.25, -0.2) is 4.79 Å². The van der Waals surface area contributed by atoms with Gasteiger partial charge in [0.1, 0.15) is 5.54 Å². The van der Waals surface area contributed by atoms with Crippen LogP contribution < -0.4 is 5.32 Å². The molecule has 1 aliphatic rings. The first-order valence-corrected chi connectivity index (χ1v) is 6.25. The standard InChI is InChI=1S/C14H18N2O3/c1-14(12(17)16(2)13(18)15-14)8-9-19-10-11-6-4-3-5-7-11/h3-7H,8-10H2,1-2H3,(H,15,18)/t14-/m1/s1. The summed E-state index contributed by atoms with van der Waals surface area (Å²) in [6.07, 6.45) is 0.467. The molecule has 1 N–H and O–H groups in total. The van der Waals surface area contributed by atoms with Crippen LogP contribution in [0.1, 0.15) is 18.9 Å². The van der Waals surface area contributed by atoms with Crippen molar-refractivity contribution in [2.75, 3.05) is 13.7 Å². The number of nitrogens with zero attached hydrogens (tertiary/aromatic N) is 1. The predicted octanol–water partition coefficient (Wildman–Crippen LogP) is 1.53. The first-order valence-electron chi connectivity index (χ1n) is 6.25. The highest BCUT2D eigenvalue weighted by atomic mass is 16.5. The van der Waals surface area contributed by atoms with Gasteiger partial charge in [0.05, 0.1) is 6.61 Å². The summed E-state index contributed by atoms with van der Waals surface area (Å²) in [7, 11) is 1.48. The van der Waals surface area contributed by atoms with Gasteiger partial charge in [0, 0.05) is 20.1 Å². The van der Waals surface area contributed by atoms with Crippen molar-refractivity contribution in [3.63, 3.8) is 0 Å². The first kappa shape index (κ1) is 13.5. The van der Waals surface area contributed by atoms with E-state index in [4.69, 9.17) is 4.74 Å². The van der Waals surface area contributed by atoms with E-state index in [9.17, 15) is 9.59 Å². The van der Waals surface area contributed by atoms with Crippen LogP contribution in [0.2, 0.25) is 0 Å². The second-order valence-corrected chi connectivity index (χ2v) is 4.91. The van der Waals surface area contributed by atoms with Gasteiger partial charge in [-0.15, -0.1) is 0 Å². The van der Waals surface area contributed by atoms with Gasteiger partial charge in [-0.05, 0) is 12.5 Å². The average Bonchev–Trinajstić information content (AvgIpc) is 2.60. The van der Waals surface area contributed by atoms with Crippen LogP contribution in [0.5, 0.6) is 0 Å². The Morgan fingerprint density at radius 3 is 2.53 bits per heavy atom. The topological polar surface area (TPSA) is 58.6 Å². The fraction of sp³-hybridized carbons (Fsp3) is 0.429. The van der Waals surface area contributed by atoms with Crippen LogP contribution in [-0.4, -0.2) is 36.0 Å². The summed E-state index contributed by atoms with van der Waals surface area (Å²) >= 11 is 0. The minimum absolute atomic E-state index is 0.208. The third-order valence-electron chi connectivity index (χ3n) is 3.32. The van der Waals surface area contributed by atoms with Crippen molar-refractivity contribution in [3.8, 4) is 0 Å². The Morgan fingerprint density at radius 2 is 1.95 bits per heavy atom. The molecule has 5 heteroatoms. The molecule has 1 aromatic carbocycles. The second-order valence-electron chi connectivity index (χ2n) is 4.91. The Hall–Kier alpha value is -1.88. The van der Waals surface area contributed by atoms with E-state index in [1.165, 1.54) is 7.05 Å². The van der Waals surface area contributed by atoms with Gasteiger partial charge in [-0.2, -0.15) is 0 Å². The maximum absolute atomic E-state index is 11.9. The summed E-state index contributed by atoms with van der Waals surface area (Å²) in [6, 6.07) is 9.48. The molecular weight excluding hydrogens is 244 g/mol. The molecule has 0 unspecified atom stereocenters. The van der Waals surface area contributed by atoms with Gasteiger partial charge < -0.3 is 10.1 Å². The number of imide groups is 1. The Bertz CT molecular complexity index is 475. The van der Waals surface area contributed by atoms with E-state index < -0.39 is 5.54 Å². The minimum atomic E-state index is -0.845. The van der Waals surface area contributed by atoms with Crippen LogP contribution >= 0.6 is 0 Å². The number of urea groups is 1. The zero-order valence-electron chi connectivity index (χ0n) is 11.2. The Balaban J connectivity index is 1.80. The molecule has 19 heavy (non-hydrogen) atoms. The summed E-state index contributed by atoms with van der Waals surface area (Å²) in [4.78, 5) is 24.4. The summed E-state index contributed by atoms with van der Waals surface area (Å²) in [5.41, 5.74) is 0.245.